The maximum Gasteiger partial charge on any atom is 0.286 e. The largest absolute Gasteiger partial charge is 0.286 e. The number of rotatable bonds is 2. The van der Waals surface area contributed by atoms with E-state index >= 15 is 0 Å². The average molecular weight is 169 g/mol. The van der Waals surface area contributed by atoms with Gasteiger partial charge in [-0.15, -0.1) is 12.3 Å². The van der Waals surface area contributed by atoms with Crippen molar-refractivity contribution in [2.75, 3.05) is 0 Å². The number of carbonyl (C=O) groups is 2. The summed E-state index contributed by atoms with van der Waals surface area (Å²) in [5, 5.41) is 1.66. The van der Waals surface area contributed by atoms with Crippen molar-refractivity contribution in [1.29, 1.82) is 0 Å². The zero-order valence-electron chi connectivity index (χ0n) is 5.79. The molecule has 1 N–H and O–H groups in total. The molecular weight excluding hydrogens is 162 g/mol. The second kappa shape index (κ2) is 3.44. The van der Waals surface area contributed by atoms with Crippen LogP contribution in [0.4, 0.5) is 4.79 Å². The second-order valence-corrected chi connectivity index (χ2v) is 3.30. The second-order valence-electron chi connectivity index (χ2n) is 2.13. The van der Waals surface area contributed by atoms with Crippen molar-refractivity contribution in [1.82, 2.24) is 5.32 Å². The number of thioether (sulfide) groups is 1. The first-order chi connectivity index (χ1) is 5.24. The molecule has 0 radical (unpaired) electrons. The van der Waals surface area contributed by atoms with E-state index < -0.39 is 0 Å². The van der Waals surface area contributed by atoms with Crippen LogP contribution in [-0.2, 0) is 4.79 Å². The van der Waals surface area contributed by atoms with Crippen LogP contribution in [0.15, 0.2) is 0 Å². The molecule has 4 heteroatoms. The molecule has 0 aromatic heterocycles. The maximum absolute atomic E-state index is 10.9. The Morgan fingerprint density at radius 3 is 2.82 bits per heavy atom. The highest BCUT2D eigenvalue weighted by atomic mass is 32.2. The summed E-state index contributed by atoms with van der Waals surface area (Å²) < 4.78 is 0. The van der Waals surface area contributed by atoms with Crippen LogP contribution in [0.1, 0.15) is 12.8 Å². The van der Waals surface area contributed by atoms with Gasteiger partial charge in [0, 0.05) is 6.42 Å². The highest BCUT2D eigenvalue weighted by molar-refractivity contribution is 8.15. The minimum absolute atomic E-state index is 0.213. The summed E-state index contributed by atoms with van der Waals surface area (Å²) >= 11 is 1.02. The Hall–Kier alpha value is -0.950. The van der Waals surface area contributed by atoms with E-state index in [2.05, 4.69) is 11.2 Å². The highest BCUT2D eigenvalue weighted by Gasteiger charge is 2.30. The minimum atomic E-state index is -0.267. The van der Waals surface area contributed by atoms with Gasteiger partial charge in [-0.1, -0.05) is 11.8 Å². The van der Waals surface area contributed by atoms with Crippen molar-refractivity contribution in [3.63, 3.8) is 0 Å². The minimum Gasteiger partial charge on any atom is -0.286 e. The van der Waals surface area contributed by atoms with Gasteiger partial charge in [-0.25, -0.2) is 0 Å². The smallest absolute Gasteiger partial charge is 0.286 e. The number of imide groups is 1. The van der Waals surface area contributed by atoms with Gasteiger partial charge in [0.25, 0.3) is 5.24 Å². The predicted molar refractivity (Wildman–Crippen MR) is 43.0 cm³/mol. The van der Waals surface area contributed by atoms with Gasteiger partial charge >= 0.3 is 0 Å². The number of carbonyl (C=O) groups excluding carboxylic acids is 2. The molecular formula is C7H7NO2S. The van der Waals surface area contributed by atoms with Gasteiger partial charge in [-0.2, -0.15) is 0 Å². The molecule has 2 amide bonds. The number of terminal acetylenes is 1. The maximum atomic E-state index is 10.9. The molecule has 0 bridgehead atoms. The van der Waals surface area contributed by atoms with E-state index in [9.17, 15) is 9.59 Å². The van der Waals surface area contributed by atoms with Crippen molar-refractivity contribution in [3.8, 4) is 12.3 Å². The monoisotopic (exact) mass is 169 g/mol. The zero-order valence-corrected chi connectivity index (χ0v) is 6.61. The van der Waals surface area contributed by atoms with Crippen molar-refractivity contribution in [2.24, 2.45) is 0 Å². The number of hydrogen-bond acceptors (Lipinski definition) is 3. The number of hydrogen-bond donors (Lipinski definition) is 1. The normalized spacial score (nSPS) is 23.0. The Morgan fingerprint density at radius 2 is 2.36 bits per heavy atom. The van der Waals surface area contributed by atoms with Crippen LogP contribution in [0.3, 0.4) is 0 Å². The van der Waals surface area contributed by atoms with E-state index in [1.807, 2.05) is 0 Å². The summed E-state index contributed by atoms with van der Waals surface area (Å²) in [5.74, 6) is 2.21. The molecule has 0 saturated carbocycles. The Kier molecular flexibility index (Phi) is 2.55. The van der Waals surface area contributed by atoms with Gasteiger partial charge in [0.15, 0.2) is 0 Å². The zero-order chi connectivity index (χ0) is 8.27. The summed E-state index contributed by atoms with van der Waals surface area (Å²) in [5.41, 5.74) is 0. The molecule has 0 aromatic carbocycles. The predicted octanol–water partition coefficient (Wildman–Crippen LogP) is 0.751. The van der Waals surface area contributed by atoms with Crippen molar-refractivity contribution in [2.45, 2.75) is 18.1 Å². The molecule has 1 saturated heterocycles. The lowest BCUT2D eigenvalue weighted by Gasteiger charge is -1.98. The lowest BCUT2D eigenvalue weighted by molar-refractivity contribution is -0.119. The van der Waals surface area contributed by atoms with Crippen LogP contribution in [0.5, 0.6) is 0 Å². The van der Waals surface area contributed by atoms with Gasteiger partial charge in [0.2, 0.25) is 5.91 Å². The molecule has 0 aliphatic carbocycles. The first-order valence-corrected chi connectivity index (χ1v) is 4.07. The van der Waals surface area contributed by atoms with E-state index in [0.29, 0.717) is 12.8 Å². The molecule has 1 heterocycles. The third-order valence-electron chi connectivity index (χ3n) is 1.32. The Morgan fingerprint density at radius 1 is 1.64 bits per heavy atom. The van der Waals surface area contributed by atoms with Crippen LogP contribution in [-0.4, -0.2) is 16.4 Å². The SMILES string of the molecule is C#CCCC1SC(=O)NC1=O. The molecule has 1 atom stereocenters. The third kappa shape index (κ3) is 1.99. The molecule has 11 heavy (non-hydrogen) atoms. The van der Waals surface area contributed by atoms with Gasteiger partial charge in [-0.05, 0) is 6.42 Å². The standard InChI is InChI=1S/C7H7NO2S/c1-2-3-4-5-6(9)8-7(10)11-5/h1,5H,3-4H2,(H,8,9,10). The van der Waals surface area contributed by atoms with E-state index in [4.69, 9.17) is 6.42 Å². The van der Waals surface area contributed by atoms with Gasteiger partial charge in [-0.3, -0.25) is 14.9 Å². The molecule has 0 aromatic rings. The fourth-order valence-electron chi connectivity index (χ4n) is 0.798. The molecule has 1 aliphatic heterocycles. The van der Waals surface area contributed by atoms with Crippen molar-refractivity contribution in [3.05, 3.63) is 0 Å². The number of nitrogens with one attached hydrogen (secondary N) is 1. The van der Waals surface area contributed by atoms with Crippen molar-refractivity contribution < 1.29 is 9.59 Å². The quantitative estimate of drug-likeness (QED) is 0.620. The molecule has 1 aliphatic rings. The van der Waals surface area contributed by atoms with Crippen LogP contribution < -0.4 is 5.32 Å². The average Bonchev–Trinajstić information content (AvgIpc) is 2.26. The van der Waals surface area contributed by atoms with Crippen molar-refractivity contribution >= 4 is 22.9 Å². The highest BCUT2D eigenvalue weighted by Crippen LogP contribution is 2.22. The molecule has 3 nitrogen and oxygen atoms in total. The van der Waals surface area contributed by atoms with E-state index in [1.165, 1.54) is 0 Å². The summed E-state index contributed by atoms with van der Waals surface area (Å²) in [6.07, 6.45) is 6.13. The topological polar surface area (TPSA) is 46.2 Å². The fourth-order valence-corrected chi connectivity index (χ4v) is 1.62. The van der Waals surface area contributed by atoms with Gasteiger partial charge < -0.3 is 0 Å². The Bertz CT molecular complexity index is 231. The molecule has 0 spiro atoms. The first kappa shape index (κ1) is 8.15. The summed E-state index contributed by atoms with van der Waals surface area (Å²) in [6, 6.07) is 0. The summed E-state index contributed by atoms with van der Waals surface area (Å²) in [4.78, 5) is 21.5. The molecule has 1 unspecified atom stereocenters. The summed E-state index contributed by atoms with van der Waals surface area (Å²) in [6.45, 7) is 0. The van der Waals surface area contributed by atoms with E-state index in [1.54, 1.807) is 0 Å². The van der Waals surface area contributed by atoms with Crippen LogP contribution >= 0.6 is 11.8 Å². The molecule has 1 fully saturated rings. The fraction of sp³-hybridized carbons (Fsp3) is 0.429. The first-order valence-electron chi connectivity index (χ1n) is 3.19. The molecule has 58 valence electrons. The lowest BCUT2D eigenvalue weighted by atomic mass is 10.2. The number of amides is 2. The van der Waals surface area contributed by atoms with E-state index in [-0.39, 0.29) is 16.4 Å². The Balaban J connectivity index is 2.42. The van der Waals surface area contributed by atoms with E-state index in [0.717, 1.165) is 11.8 Å². The van der Waals surface area contributed by atoms with Gasteiger partial charge in [0.05, 0.1) is 5.25 Å². The summed E-state index contributed by atoms with van der Waals surface area (Å²) in [7, 11) is 0. The van der Waals surface area contributed by atoms with Gasteiger partial charge in [0.1, 0.15) is 0 Å². The molecule has 1 rings (SSSR count). The third-order valence-corrected chi connectivity index (χ3v) is 2.37. The lowest BCUT2D eigenvalue weighted by Crippen LogP contribution is -2.23. The van der Waals surface area contributed by atoms with Crippen LogP contribution in [0.2, 0.25) is 0 Å². The Labute approximate surface area is 68.9 Å². The van der Waals surface area contributed by atoms with Crippen LogP contribution in [0, 0.1) is 12.3 Å². The van der Waals surface area contributed by atoms with Crippen LogP contribution in [0.25, 0.3) is 0 Å².